The number of ether oxygens (including phenoxy) is 3. The zero-order chi connectivity index (χ0) is 28.1. The van der Waals surface area contributed by atoms with Gasteiger partial charge in [-0.05, 0) is 79.1 Å². The molecule has 1 unspecified atom stereocenters. The lowest BCUT2D eigenvalue weighted by Gasteiger charge is -2.24. The Morgan fingerprint density at radius 3 is 2.30 bits per heavy atom. The molecule has 4 aromatic rings. The highest BCUT2D eigenvalue weighted by molar-refractivity contribution is 6.32. The van der Waals surface area contributed by atoms with Gasteiger partial charge in [0, 0.05) is 28.8 Å². The van der Waals surface area contributed by atoms with Gasteiger partial charge in [0.05, 0.1) is 17.5 Å². The molecule has 0 bridgehead atoms. The van der Waals surface area contributed by atoms with Crippen LogP contribution in [0.1, 0.15) is 33.8 Å². The summed E-state index contributed by atoms with van der Waals surface area (Å²) in [5.41, 5.74) is 1.96. The Morgan fingerprint density at radius 1 is 0.900 bits per heavy atom. The first-order chi connectivity index (χ1) is 19.4. The Bertz CT molecular complexity index is 1520. The quantitative estimate of drug-likeness (QED) is 0.214. The second kappa shape index (κ2) is 12.3. The second-order valence-corrected chi connectivity index (χ2v) is 9.99. The zero-order valence-corrected chi connectivity index (χ0v) is 22.7. The molecule has 2 N–H and O–H groups in total. The molecule has 5 rings (SSSR count). The number of amides is 1. The second-order valence-electron chi connectivity index (χ2n) is 9.14. The molecule has 1 aliphatic heterocycles. The Labute approximate surface area is 241 Å². The monoisotopic (exact) mass is 577 g/mol. The van der Waals surface area contributed by atoms with Crippen molar-refractivity contribution < 1.29 is 28.9 Å². The molecule has 40 heavy (non-hydrogen) atoms. The van der Waals surface area contributed by atoms with Crippen LogP contribution in [0.15, 0.2) is 84.9 Å². The lowest BCUT2D eigenvalue weighted by molar-refractivity contribution is -0.139. The van der Waals surface area contributed by atoms with Crippen molar-refractivity contribution in [2.24, 2.45) is 0 Å². The minimum absolute atomic E-state index is 0.220. The number of fused-ring (bicyclic) bond motifs is 1. The van der Waals surface area contributed by atoms with Crippen LogP contribution in [-0.4, -0.2) is 30.1 Å². The smallest absolute Gasteiger partial charge is 0.311 e. The topological polar surface area (TPSA) is 94.1 Å². The lowest BCUT2D eigenvalue weighted by Crippen LogP contribution is -2.25. The summed E-state index contributed by atoms with van der Waals surface area (Å²) in [6.07, 6.45) is 0.963. The van der Waals surface area contributed by atoms with E-state index in [0.717, 1.165) is 5.56 Å². The van der Waals surface area contributed by atoms with E-state index in [1.165, 1.54) is 0 Å². The average Bonchev–Trinajstić information content (AvgIpc) is 2.95. The van der Waals surface area contributed by atoms with Crippen molar-refractivity contribution in [3.63, 3.8) is 0 Å². The predicted molar refractivity (Wildman–Crippen MR) is 152 cm³/mol. The van der Waals surface area contributed by atoms with Gasteiger partial charge in [-0.2, -0.15) is 0 Å². The molecule has 0 fully saturated rings. The molecule has 0 spiro atoms. The molecular weight excluding hydrogens is 553 g/mol. The van der Waals surface area contributed by atoms with Gasteiger partial charge in [-0.25, -0.2) is 0 Å². The lowest BCUT2D eigenvalue weighted by atomic mass is 9.93. The number of rotatable bonds is 9. The van der Waals surface area contributed by atoms with Gasteiger partial charge in [-0.3, -0.25) is 9.59 Å². The van der Waals surface area contributed by atoms with E-state index in [0.29, 0.717) is 70.9 Å². The number of carboxylic acids is 1. The van der Waals surface area contributed by atoms with Crippen LogP contribution in [-0.2, 0) is 11.2 Å². The third kappa shape index (κ3) is 6.50. The molecule has 0 radical (unpaired) electrons. The van der Waals surface area contributed by atoms with E-state index in [1.807, 2.05) is 24.3 Å². The molecule has 1 aliphatic rings. The summed E-state index contributed by atoms with van der Waals surface area (Å²) >= 11 is 12.3. The van der Waals surface area contributed by atoms with E-state index in [1.54, 1.807) is 60.7 Å². The van der Waals surface area contributed by atoms with Gasteiger partial charge in [0.25, 0.3) is 5.91 Å². The molecule has 7 nitrogen and oxygen atoms in total. The van der Waals surface area contributed by atoms with E-state index in [4.69, 9.17) is 37.4 Å². The van der Waals surface area contributed by atoms with E-state index in [9.17, 15) is 14.7 Å². The number of carbonyl (C=O) groups excluding carboxylic acids is 1. The number of aliphatic carboxylic acids is 1. The van der Waals surface area contributed by atoms with Crippen molar-refractivity contribution in [2.45, 2.75) is 18.8 Å². The summed E-state index contributed by atoms with van der Waals surface area (Å²) in [6.45, 7) is 0.718. The molecule has 9 heteroatoms. The van der Waals surface area contributed by atoms with Crippen LogP contribution in [0.3, 0.4) is 0 Å². The highest BCUT2D eigenvalue weighted by atomic mass is 35.5. The van der Waals surface area contributed by atoms with Crippen molar-refractivity contribution in [1.29, 1.82) is 0 Å². The number of nitrogens with one attached hydrogen (secondary N) is 1. The zero-order valence-electron chi connectivity index (χ0n) is 21.2. The highest BCUT2D eigenvalue weighted by Crippen LogP contribution is 2.41. The molecule has 4 aromatic carbocycles. The number of carbonyl (C=O) groups is 2. The van der Waals surface area contributed by atoms with Gasteiger partial charge < -0.3 is 24.6 Å². The normalized spacial score (nSPS) is 14.0. The summed E-state index contributed by atoms with van der Waals surface area (Å²) in [4.78, 5) is 24.3. The maximum absolute atomic E-state index is 12.7. The fraction of sp³-hybridized carbons (Fsp3) is 0.161. The van der Waals surface area contributed by atoms with Crippen LogP contribution >= 0.6 is 23.2 Å². The molecule has 1 atom stereocenters. The first kappa shape index (κ1) is 27.4. The average molecular weight is 578 g/mol. The maximum Gasteiger partial charge on any atom is 0.311 e. The number of benzene rings is 4. The van der Waals surface area contributed by atoms with Crippen LogP contribution in [0.4, 0.5) is 0 Å². The minimum atomic E-state index is -0.918. The van der Waals surface area contributed by atoms with Gasteiger partial charge in [0.2, 0.25) is 0 Å². The summed E-state index contributed by atoms with van der Waals surface area (Å²) < 4.78 is 17.5. The molecule has 0 saturated carbocycles. The minimum Gasteiger partial charge on any atom is -0.493 e. The van der Waals surface area contributed by atoms with Crippen molar-refractivity contribution in [1.82, 2.24) is 5.32 Å². The number of hydrogen-bond acceptors (Lipinski definition) is 5. The van der Waals surface area contributed by atoms with E-state index in [2.05, 4.69) is 5.32 Å². The predicted octanol–water partition coefficient (Wildman–Crippen LogP) is 7.50. The van der Waals surface area contributed by atoms with Crippen LogP contribution in [0, 0.1) is 0 Å². The summed E-state index contributed by atoms with van der Waals surface area (Å²) in [7, 11) is 0. The Balaban J connectivity index is 1.18. The first-order valence-electron chi connectivity index (χ1n) is 12.6. The van der Waals surface area contributed by atoms with Gasteiger partial charge in [0.1, 0.15) is 28.7 Å². The summed E-state index contributed by atoms with van der Waals surface area (Å²) in [5, 5.41) is 13.3. The van der Waals surface area contributed by atoms with Gasteiger partial charge in [-0.1, -0.05) is 41.4 Å². The number of carboxylic acid groups (broad SMARTS) is 1. The molecule has 0 saturated heterocycles. The van der Waals surface area contributed by atoms with Gasteiger partial charge in [-0.15, -0.1) is 0 Å². The fourth-order valence-electron chi connectivity index (χ4n) is 4.38. The highest BCUT2D eigenvalue weighted by Gasteiger charge is 2.29. The van der Waals surface area contributed by atoms with Crippen molar-refractivity contribution in [3.8, 4) is 28.7 Å². The van der Waals surface area contributed by atoms with E-state index < -0.39 is 11.9 Å². The van der Waals surface area contributed by atoms with E-state index in [-0.39, 0.29) is 10.9 Å². The number of hydrogen-bond donors (Lipinski definition) is 2. The Hall–Kier alpha value is -4.20. The summed E-state index contributed by atoms with van der Waals surface area (Å²) in [6, 6.07) is 24.6. The molecule has 0 aliphatic carbocycles. The van der Waals surface area contributed by atoms with Crippen molar-refractivity contribution in [2.75, 3.05) is 13.2 Å². The van der Waals surface area contributed by atoms with Crippen LogP contribution in [0.2, 0.25) is 10.0 Å². The maximum atomic E-state index is 12.7. The number of halogens is 2. The fourth-order valence-corrected chi connectivity index (χ4v) is 4.71. The Morgan fingerprint density at radius 2 is 1.57 bits per heavy atom. The van der Waals surface area contributed by atoms with E-state index >= 15 is 0 Å². The molecule has 1 heterocycles. The molecular formula is C31H25Cl2NO6. The third-order valence-corrected chi connectivity index (χ3v) is 6.99. The van der Waals surface area contributed by atoms with Gasteiger partial charge in [0.15, 0.2) is 0 Å². The third-order valence-electron chi connectivity index (χ3n) is 6.44. The first-order valence-corrected chi connectivity index (χ1v) is 13.4. The van der Waals surface area contributed by atoms with Crippen LogP contribution < -0.4 is 19.5 Å². The molecule has 204 valence electrons. The standard InChI is InChI=1S/C31H25Cl2NO6/c32-21-7-11-23(12-8-21)39-27-4-2-1-3-19(27)13-15-34-30(35)20-5-9-22(10-6-20)40-29-18-28-25(17-26(29)33)24(31(36)37)14-16-38-28/h1-12,17-18,24H,13-16H2,(H,34,35)(H,36,37). The number of para-hydroxylation sites is 1. The summed E-state index contributed by atoms with van der Waals surface area (Å²) in [5.74, 6) is 0.829. The SMILES string of the molecule is O=C(NCCc1ccccc1Oc1ccc(Cl)cc1)c1ccc(Oc2cc3c(cc2Cl)C(C(=O)O)CCO3)cc1. The largest absolute Gasteiger partial charge is 0.493 e. The van der Waals surface area contributed by atoms with Gasteiger partial charge >= 0.3 is 5.97 Å². The van der Waals surface area contributed by atoms with Crippen LogP contribution in [0.25, 0.3) is 0 Å². The van der Waals surface area contributed by atoms with Crippen molar-refractivity contribution >= 4 is 35.1 Å². The Kier molecular flexibility index (Phi) is 8.43. The molecule has 1 amide bonds. The van der Waals surface area contributed by atoms with Crippen LogP contribution in [0.5, 0.6) is 28.7 Å². The molecule has 0 aromatic heterocycles. The van der Waals surface area contributed by atoms with Crippen molar-refractivity contribution in [3.05, 3.63) is 112 Å².